The fraction of sp³-hybridized carbons (Fsp3) is 0.385. The standard InChI is InChI=1S/C13H16N2OS2/c1-4-17-8-12(16)11-7-9(2)15(10(11)3)13-14-5-6-18-13/h5-7H,4,8H2,1-3H3. The van der Waals surface area contributed by atoms with Crippen LogP contribution >= 0.6 is 23.1 Å². The van der Waals surface area contributed by atoms with Crippen LogP contribution in [-0.4, -0.2) is 26.8 Å². The van der Waals surface area contributed by atoms with Crippen molar-refractivity contribution in [1.29, 1.82) is 0 Å². The molecule has 5 heteroatoms. The van der Waals surface area contributed by atoms with Crippen molar-refractivity contribution in [3.05, 3.63) is 34.6 Å². The van der Waals surface area contributed by atoms with Crippen molar-refractivity contribution in [3.8, 4) is 5.13 Å². The third kappa shape index (κ3) is 2.52. The quantitative estimate of drug-likeness (QED) is 0.786. The summed E-state index contributed by atoms with van der Waals surface area (Å²) in [6.07, 6.45) is 1.79. The number of aromatic nitrogens is 2. The lowest BCUT2D eigenvalue weighted by Gasteiger charge is -2.05. The molecular formula is C13H16N2OS2. The summed E-state index contributed by atoms with van der Waals surface area (Å²) in [5, 5.41) is 2.87. The Balaban J connectivity index is 2.35. The Morgan fingerprint density at radius 1 is 1.50 bits per heavy atom. The Morgan fingerprint density at radius 2 is 2.28 bits per heavy atom. The molecule has 0 atom stereocenters. The van der Waals surface area contributed by atoms with Crippen LogP contribution in [0, 0.1) is 13.8 Å². The van der Waals surface area contributed by atoms with Gasteiger partial charge in [0.05, 0.1) is 5.75 Å². The minimum Gasteiger partial charge on any atom is -0.294 e. The van der Waals surface area contributed by atoms with Gasteiger partial charge in [-0.05, 0) is 25.7 Å². The van der Waals surface area contributed by atoms with Crippen LogP contribution in [0.1, 0.15) is 28.7 Å². The van der Waals surface area contributed by atoms with E-state index in [1.807, 2.05) is 25.3 Å². The molecule has 3 nitrogen and oxygen atoms in total. The molecule has 0 aliphatic heterocycles. The highest BCUT2D eigenvalue weighted by atomic mass is 32.2. The summed E-state index contributed by atoms with van der Waals surface area (Å²) >= 11 is 3.24. The van der Waals surface area contributed by atoms with Gasteiger partial charge in [-0.3, -0.25) is 9.36 Å². The van der Waals surface area contributed by atoms with Gasteiger partial charge in [-0.2, -0.15) is 11.8 Å². The molecule has 0 amide bonds. The van der Waals surface area contributed by atoms with Crippen molar-refractivity contribution >= 4 is 28.9 Å². The van der Waals surface area contributed by atoms with E-state index in [4.69, 9.17) is 0 Å². The largest absolute Gasteiger partial charge is 0.294 e. The van der Waals surface area contributed by atoms with Gasteiger partial charge in [-0.25, -0.2) is 4.98 Å². The summed E-state index contributed by atoms with van der Waals surface area (Å²) in [5.41, 5.74) is 2.88. The normalized spacial score (nSPS) is 10.8. The van der Waals surface area contributed by atoms with Crippen LogP contribution in [0.4, 0.5) is 0 Å². The average molecular weight is 280 g/mol. The molecule has 2 aromatic rings. The van der Waals surface area contributed by atoms with E-state index in [1.165, 1.54) is 0 Å². The van der Waals surface area contributed by atoms with E-state index in [2.05, 4.69) is 16.5 Å². The van der Waals surface area contributed by atoms with Gasteiger partial charge in [-0.15, -0.1) is 11.3 Å². The molecule has 0 saturated heterocycles. The molecule has 2 rings (SSSR count). The van der Waals surface area contributed by atoms with Crippen LogP contribution in [-0.2, 0) is 0 Å². The summed E-state index contributed by atoms with van der Waals surface area (Å²) in [6.45, 7) is 6.06. The van der Waals surface area contributed by atoms with E-state index in [0.717, 1.165) is 27.8 Å². The lowest BCUT2D eigenvalue weighted by Crippen LogP contribution is -2.05. The molecule has 0 unspecified atom stereocenters. The zero-order chi connectivity index (χ0) is 13.1. The first-order chi connectivity index (χ1) is 8.65. The highest BCUT2D eigenvalue weighted by molar-refractivity contribution is 7.99. The third-order valence-electron chi connectivity index (χ3n) is 2.78. The van der Waals surface area contributed by atoms with Crippen LogP contribution in [0.25, 0.3) is 5.13 Å². The smallest absolute Gasteiger partial charge is 0.193 e. The maximum atomic E-state index is 12.1. The van der Waals surface area contributed by atoms with Crippen LogP contribution < -0.4 is 0 Å². The number of carbonyl (C=O) groups is 1. The van der Waals surface area contributed by atoms with Crippen LogP contribution in [0.15, 0.2) is 17.6 Å². The number of rotatable bonds is 5. The molecule has 2 heterocycles. The van der Waals surface area contributed by atoms with E-state index in [-0.39, 0.29) is 5.78 Å². The fourth-order valence-electron chi connectivity index (χ4n) is 1.94. The maximum Gasteiger partial charge on any atom is 0.193 e. The molecule has 0 bridgehead atoms. The van der Waals surface area contributed by atoms with Crippen molar-refractivity contribution in [1.82, 2.24) is 9.55 Å². The Morgan fingerprint density at radius 3 is 2.89 bits per heavy atom. The van der Waals surface area contributed by atoms with Gasteiger partial charge in [0.2, 0.25) is 0 Å². The summed E-state index contributed by atoms with van der Waals surface area (Å²) in [6, 6.07) is 1.97. The van der Waals surface area contributed by atoms with Crippen molar-refractivity contribution in [2.75, 3.05) is 11.5 Å². The number of nitrogens with zero attached hydrogens (tertiary/aromatic N) is 2. The summed E-state index contributed by atoms with van der Waals surface area (Å²) < 4.78 is 2.05. The summed E-state index contributed by atoms with van der Waals surface area (Å²) in [5.74, 6) is 1.73. The van der Waals surface area contributed by atoms with Crippen molar-refractivity contribution < 1.29 is 4.79 Å². The van der Waals surface area contributed by atoms with Gasteiger partial charge in [0, 0.05) is 28.5 Å². The molecule has 0 aliphatic rings. The van der Waals surface area contributed by atoms with E-state index in [1.54, 1.807) is 29.3 Å². The van der Waals surface area contributed by atoms with Gasteiger partial charge < -0.3 is 0 Å². The number of hydrogen-bond donors (Lipinski definition) is 0. The first kappa shape index (κ1) is 13.4. The van der Waals surface area contributed by atoms with Crippen LogP contribution in [0.2, 0.25) is 0 Å². The third-order valence-corrected chi connectivity index (χ3v) is 4.41. The minimum atomic E-state index is 0.206. The first-order valence-corrected chi connectivity index (χ1v) is 7.88. The Bertz CT molecular complexity index is 544. The molecule has 18 heavy (non-hydrogen) atoms. The van der Waals surface area contributed by atoms with Crippen LogP contribution in [0.3, 0.4) is 0 Å². The average Bonchev–Trinajstić information content (AvgIpc) is 2.94. The Kier molecular flexibility index (Phi) is 4.24. The molecule has 0 aliphatic carbocycles. The Labute approximate surface area is 115 Å². The monoisotopic (exact) mass is 280 g/mol. The van der Waals surface area contributed by atoms with Crippen molar-refractivity contribution in [3.63, 3.8) is 0 Å². The second-order valence-corrected chi connectivity index (χ2v) is 6.14. The molecule has 0 saturated carbocycles. The minimum absolute atomic E-state index is 0.206. The van der Waals surface area contributed by atoms with E-state index < -0.39 is 0 Å². The van der Waals surface area contributed by atoms with Gasteiger partial charge in [0.25, 0.3) is 0 Å². The predicted octanol–water partition coefficient (Wildman–Crippen LogP) is 3.49. The number of ketones is 1. The molecule has 2 aromatic heterocycles. The summed E-state index contributed by atoms with van der Waals surface area (Å²) in [7, 11) is 0. The topological polar surface area (TPSA) is 34.9 Å². The highest BCUT2D eigenvalue weighted by Crippen LogP contribution is 2.23. The molecule has 0 aromatic carbocycles. The number of Topliss-reactive ketones (excluding diaryl/α,β-unsaturated/α-hetero) is 1. The van der Waals surface area contributed by atoms with Crippen molar-refractivity contribution in [2.24, 2.45) is 0 Å². The zero-order valence-electron chi connectivity index (χ0n) is 10.8. The molecular weight excluding hydrogens is 264 g/mol. The van der Waals surface area contributed by atoms with Gasteiger partial charge in [0.15, 0.2) is 10.9 Å². The number of hydrogen-bond acceptors (Lipinski definition) is 4. The highest BCUT2D eigenvalue weighted by Gasteiger charge is 2.17. The SMILES string of the molecule is CCSCC(=O)c1cc(C)n(-c2nccs2)c1C. The number of thioether (sulfide) groups is 1. The lowest BCUT2D eigenvalue weighted by atomic mass is 10.2. The van der Waals surface area contributed by atoms with Gasteiger partial charge >= 0.3 is 0 Å². The second-order valence-electron chi connectivity index (χ2n) is 4.00. The fourth-order valence-corrected chi connectivity index (χ4v) is 3.23. The van der Waals surface area contributed by atoms with Gasteiger partial charge in [0.1, 0.15) is 0 Å². The molecule has 96 valence electrons. The number of carbonyl (C=O) groups excluding carboxylic acids is 1. The first-order valence-electron chi connectivity index (χ1n) is 5.85. The number of thiazole rings is 1. The zero-order valence-corrected chi connectivity index (χ0v) is 12.4. The molecule has 0 N–H and O–H groups in total. The summed E-state index contributed by atoms with van der Waals surface area (Å²) in [4.78, 5) is 16.4. The maximum absolute atomic E-state index is 12.1. The predicted molar refractivity (Wildman–Crippen MR) is 78.2 cm³/mol. The van der Waals surface area contributed by atoms with Crippen LogP contribution in [0.5, 0.6) is 0 Å². The lowest BCUT2D eigenvalue weighted by molar-refractivity contribution is 0.102. The van der Waals surface area contributed by atoms with E-state index in [9.17, 15) is 4.79 Å². The Hall–Kier alpha value is -1.07. The molecule has 0 spiro atoms. The molecule has 0 fully saturated rings. The van der Waals surface area contributed by atoms with Crippen molar-refractivity contribution in [2.45, 2.75) is 20.8 Å². The second kappa shape index (κ2) is 5.71. The van der Waals surface area contributed by atoms with E-state index in [0.29, 0.717) is 5.75 Å². The molecule has 0 radical (unpaired) electrons. The van der Waals surface area contributed by atoms with Gasteiger partial charge in [-0.1, -0.05) is 6.92 Å². The number of aryl methyl sites for hydroxylation is 1. The van der Waals surface area contributed by atoms with E-state index >= 15 is 0 Å².